The molecule has 0 spiro atoms. The average Bonchev–Trinajstić information content (AvgIpc) is 1.90. The molecule has 0 saturated heterocycles. The van der Waals surface area contributed by atoms with E-state index in [2.05, 4.69) is 9.97 Å². The van der Waals surface area contributed by atoms with Gasteiger partial charge in [-0.05, 0) is 0 Å². The van der Waals surface area contributed by atoms with Crippen LogP contribution in [0, 0.1) is 5.41 Å². The Kier molecular flexibility index (Phi) is 3.35. The van der Waals surface area contributed by atoms with E-state index in [1.165, 1.54) is 18.7 Å². The molecule has 0 aliphatic rings. The summed E-state index contributed by atoms with van der Waals surface area (Å²) in [6.45, 7) is 0. The number of hydrogen-bond donors (Lipinski definition) is 2. The summed E-state index contributed by atoms with van der Waals surface area (Å²) in [5.74, 6) is -0.00407. The van der Waals surface area contributed by atoms with Crippen molar-refractivity contribution in [2.45, 2.75) is 0 Å². The van der Waals surface area contributed by atoms with Crippen molar-refractivity contribution in [3.8, 4) is 0 Å². The number of amidine groups is 1. The van der Waals surface area contributed by atoms with Crippen LogP contribution in [0.25, 0.3) is 0 Å². The lowest BCUT2D eigenvalue weighted by Gasteiger charge is -1.91. The van der Waals surface area contributed by atoms with Gasteiger partial charge in [-0.15, -0.1) is 12.4 Å². The van der Waals surface area contributed by atoms with Crippen LogP contribution in [0.15, 0.2) is 18.7 Å². The van der Waals surface area contributed by atoms with E-state index < -0.39 is 0 Å². The summed E-state index contributed by atoms with van der Waals surface area (Å²) in [5, 5.41) is 6.93. The Hall–Kier alpha value is -1.16. The van der Waals surface area contributed by atoms with Gasteiger partial charge in [0, 0.05) is 12.4 Å². The van der Waals surface area contributed by atoms with E-state index >= 15 is 0 Å². The second-order valence-electron chi connectivity index (χ2n) is 1.54. The molecule has 0 fully saturated rings. The van der Waals surface area contributed by atoms with E-state index in [-0.39, 0.29) is 18.2 Å². The van der Waals surface area contributed by atoms with E-state index in [0.717, 1.165) is 0 Å². The van der Waals surface area contributed by atoms with Crippen LogP contribution in [0.2, 0.25) is 0 Å². The predicted molar refractivity (Wildman–Crippen MR) is 40.3 cm³/mol. The van der Waals surface area contributed by atoms with Crippen molar-refractivity contribution < 1.29 is 0 Å². The summed E-state index contributed by atoms with van der Waals surface area (Å²) in [6.07, 6.45) is 4.39. The quantitative estimate of drug-likeness (QED) is 0.452. The first-order valence-corrected chi connectivity index (χ1v) is 2.40. The average molecular weight is 159 g/mol. The molecule has 0 radical (unpaired) electrons. The molecule has 5 heteroatoms. The number of halogens is 1. The van der Waals surface area contributed by atoms with Crippen molar-refractivity contribution >= 4 is 18.2 Å². The zero-order valence-electron chi connectivity index (χ0n) is 5.11. The summed E-state index contributed by atoms with van der Waals surface area (Å²) in [6, 6.07) is 0. The summed E-state index contributed by atoms with van der Waals surface area (Å²) in [5.41, 5.74) is 5.67. The van der Waals surface area contributed by atoms with Crippen LogP contribution in [-0.4, -0.2) is 15.8 Å². The van der Waals surface area contributed by atoms with Crippen LogP contribution in [0.3, 0.4) is 0 Å². The lowest BCUT2D eigenvalue weighted by molar-refractivity contribution is 1.15. The number of nitrogen functional groups attached to an aromatic ring is 1. The highest BCUT2D eigenvalue weighted by molar-refractivity contribution is 5.94. The van der Waals surface area contributed by atoms with Gasteiger partial charge in [-0.2, -0.15) is 0 Å². The molecule has 4 nitrogen and oxygen atoms in total. The van der Waals surface area contributed by atoms with Crippen molar-refractivity contribution in [2.24, 2.45) is 5.73 Å². The van der Waals surface area contributed by atoms with Gasteiger partial charge in [0.15, 0.2) is 0 Å². The maximum Gasteiger partial charge on any atom is 0.125 e. The Morgan fingerprint density at radius 3 is 2.20 bits per heavy atom. The molecule has 0 saturated carbocycles. The van der Waals surface area contributed by atoms with Crippen molar-refractivity contribution in [3.05, 3.63) is 24.3 Å². The fourth-order valence-electron chi connectivity index (χ4n) is 0.438. The van der Waals surface area contributed by atoms with Crippen LogP contribution in [0.1, 0.15) is 5.56 Å². The second kappa shape index (κ2) is 3.79. The summed E-state index contributed by atoms with van der Waals surface area (Å²) < 4.78 is 0. The molecule has 0 atom stereocenters. The summed E-state index contributed by atoms with van der Waals surface area (Å²) in [4.78, 5) is 7.35. The highest BCUT2D eigenvalue weighted by Gasteiger charge is 1.91. The lowest BCUT2D eigenvalue weighted by Crippen LogP contribution is -2.11. The molecule has 1 aromatic rings. The molecule has 0 unspecified atom stereocenters. The molecule has 0 bridgehead atoms. The molecular formula is C5H7ClN4. The van der Waals surface area contributed by atoms with Gasteiger partial charge in [0.05, 0.1) is 5.56 Å². The van der Waals surface area contributed by atoms with Gasteiger partial charge in [0.2, 0.25) is 0 Å². The fraction of sp³-hybridized carbons (Fsp3) is 0. The first kappa shape index (κ1) is 8.84. The maximum atomic E-state index is 6.93. The van der Waals surface area contributed by atoms with E-state index in [1.54, 1.807) is 0 Å². The number of rotatable bonds is 1. The van der Waals surface area contributed by atoms with Crippen LogP contribution in [-0.2, 0) is 0 Å². The van der Waals surface area contributed by atoms with Crippen molar-refractivity contribution in [3.63, 3.8) is 0 Å². The molecule has 3 N–H and O–H groups in total. The molecule has 0 aromatic carbocycles. The molecule has 0 aliphatic heterocycles. The van der Waals surface area contributed by atoms with Crippen molar-refractivity contribution in [1.29, 1.82) is 5.41 Å². The molecule has 0 aliphatic carbocycles. The first-order chi connectivity index (χ1) is 4.30. The Bertz CT molecular complexity index is 210. The zero-order chi connectivity index (χ0) is 6.69. The largest absolute Gasteiger partial charge is 0.384 e. The predicted octanol–water partition coefficient (Wildman–Crippen LogP) is 0.182. The molecule has 0 amide bonds. The zero-order valence-corrected chi connectivity index (χ0v) is 5.93. The van der Waals surface area contributed by atoms with Gasteiger partial charge < -0.3 is 5.73 Å². The van der Waals surface area contributed by atoms with E-state index in [9.17, 15) is 0 Å². The monoisotopic (exact) mass is 158 g/mol. The molecular weight excluding hydrogens is 152 g/mol. The number of nitrogens with zero attached hydrogens (tertiary/aromatic N) is 2. The van der Waals surface area contributed by atoms with Gasteiger partial charge in [0.1, 0.15) is 12.2 Å². The van der Waals surface area contributed by atoms with Gasteiger partial charge in [-0.3, -0.25) is 5.41 Å². The summed E-state index contributed by atoms with van der Waals surface area (Å²) in [7, 11) is 0. The van der Waals surface area contributed by atoms with Crippen LogP contribution >= 0.6 is 12.4 Å². The topological polar surface area (TPSA) is 75.7 Å². The fourth-order valence-corrected chi connectivity index (χ4v) is 0.438. The Morgan fingerprint density at radius 2 is 1.90 bits per heavy atom. The van der Waals surface area contributed by atoms with Gasteiger partial charge in [0.25, 0.3) is 0 Å². The standard InChI is InChI=1S/C5H6N4.ClH/c6-5(7)4-1-8-3-9-2-4;/h1-3H,(H3,6,7);1H. The SMILES string of the molecule is Cl.N=C(N)c1cncnc1. The lowest BCUT2D eigenvalue weighted by atomic mass is 10.3. The molecule has 1 aromatic heterocycles. The molecule has 1 heterocycles. The van der Waals surface area contributed by atoms with Gasteiger partial charge in [-0.1, -0.05) is 0 Å². The van der Waals surface area contributed by atoms with Crippen molar-refractivity contribution in [1.82, 2.24) is 9.97 Å². The van der Waals surface area contributed by atoms with Crippen LogP contribution in [0.4, 0.5) is 0 Å². The number of aromatic nitrogens is 2. The third kappa shape index (κ3) is 1.99. The molecule has 10 heavy (non-hydrogen) atoms. The third-order valence-corrected chi connectivity index (χ3v) is 0.872. The molecule has 1 rings (SSSR count). The van der Waals surface area contributed by atoms with Crippen LogP contribution in [0.5, 0.6) is 0 Å². The van der Waals surface area contributed by atoms with Crippen LogP contribution < -0.4 is 5.73 Å². The number of nitrogens with one attached hydrogen (secondary N) is 1. The van der Waals surface area contributed by atoms with E-state index in [4.69, 9.17) is 11.1 Å². The minimum atomic E-state index is -0.00407. The Labute approximate surface area is 64.4 Å². The summed E-state index contributed by atoms with van der Waals surface area (Å²) >= 11 is 0. The first-order valence-electron chi connectivity index (χ1n) is 2.40. The smallest absolute Gasteiger partial charge is 0.125 e. The van der Waals surface area contributed by atoms with Gasteiger partial charge in [-0.25, -0.2) is 9.97 Å². The Balaban J connectivity index is 0.000000810. The van der Waals surface area contributed by atoms with E-state index in [1.807, 2.05) is 0 Å². The third-order valence-electron chi connectivity index (χ3n) is 0.872. The molecule has 54 valence electrons. The van der Waals surface area contributed by atoms with Gasteiger partial charge >= 0.3 is 0 Å². The Morgan fingerprint density at radius 1 is 1.40 bits per heavy atom. The normalized spacial score (nSPS) is 8.00. The minimum absolute atomic E-state index is 0. The number of hydrogen-bond acceptors (Lipinski definition) is 3. The highest BCUT2D eigenvalue weighted by Crippen LogP contribution is 1.87. The minimum Gasteiger partial charge on any atom is -0.384 e. The van der Waals surface area contributed by atoms with E-state index in [0.29, 0.717) is 5.56 Å². The maximum absolute atomic E-state index is 6.93. The highest BCUT2D eigenvalue weighted by atomic mass is 35.5. The van der Waals surface area contributed by atoms with Crippen molar-refractivity contribution in [2.75, 3.05) is 0 Å². The second-order valence-corrected chi connectivity index (χ2v) is 1.54. The number of nitrogens with two attached hydrogens (primary N) is 1.